The monoisotopic (exact) mass is 188 g/mol. The first kappa shape index (κ1) is 8.69. The van der Waals surface area contributed by atoms with Crippen molar-refractivity contribution in [3.8, 4) is 0 Å². The van der Waals surface area contributed by atoms with E-state index in [2.05, 4.69) is 4.98 Å². The molecule has 14 heavy (non-hydrogen) atoms. The van der Waals surface area contributed by atoms with Gasteiger partial charge in [0.15, 0.2) is 0 Å². The lowest BCUT2D eigenvalue weighted by Crippen LogP contribution is -2.14. The Hall–Kier alpha value is -1.90. The van der Waals surface area contributed by atoms with Crippen LogP contribution in [0.4, 0.5) is 0 Å². The molecule has 0 spiro atoms. The van der Waals surface area contributed by atoms with Crippen LogP contribution in [0.2, 0.25) is 0 Å². The summed E-state index contributed by atoms with van der Waals surface area (Å²) in [6.45, 7) is 0. The van der Waals surface area contributed by atoms with Gasteiger partial charge >= 0.3 is 0 Å². The first-order chi connectivity index (χ1) is 6.75. The maximum atomic E-state index is 10.7. The van der Waals surface area contributed by atoms with Crippen molar-refractivity contribution < 1.29 is 6.22 Å². The predicted octanol–water partition coefficient (Wildman–Crippen LogP) is 1.51. The zero-order valence-electron chi connectivity index (χ0n) is 7.60. The van der Waals surface area contributed by atoms with Gasteiger partial charge in [-0.2, -0.15) is 0 Å². The highest BCUT2D eigenvalue weighted by Gasteiger charge is 2.00. The van der Waals surface area contributed by atoms with Crippen molar-refractivity contribution in [1.29, 1.82) is 0 Å². The third kappa shape index (κ3) is 1.71. The van der Waals surface area contributed by atoms with Gasteiger partial charge in [0.05, 0.1) is 12.1 Å². The van der Waals surface area contributed by atoms with E-state index >= 15 is 0 Å². The maximum Gasteiger partial charge on any atom is 0.223 e. The fourth-order valence-electron chi connectivity index (χ4n) is 1.40. The van der Waals surface area contributed by atoms with Crippen molar-refractivity contribution in [3.05, 3.63) is 42.2 Å². The number of primary amides is 1. The molecule has 0 atom stereocenters. The Labute approximate surface area is 83.0 Å². The Bertz CT molecular complexity index is 485. The van der Waals surface area contributed by atoms with Gasteiger partial charge in [0.1, 0.15) is 0 Å². The molecule has 0 aliphatic heterocycles. The van der Waals surface area contributed by atoms with Crippen molar-refractivity contribution in [3.63, 3.8) is 0 Å². The van der Waals surface area contributed by atoms with Gasteiger partial charge < -0.3 is 5.73 Å². The molecule has 0 radical (unpaired) electrons. The van der Waals surface area contributed by atoms with Crippen molar-refractivity contribution in [2.75, 3.05) is 0 Å². The molecule has 0 aliphatic carbocycles. The van der Waals surface area contributed by atoms with Crippen molar-refractivity contribution >= 4 is 16.7 Å². The third-order valence-electron chi connectivity index (χ3n) is 2.04. The van der Waals surface area contributed by atoms with Gasteiger partial charge in [-0.1, -0.05) is 24.3 Å². The van der Waals surface area contributed by atoms with E-state index in [9.17, 15) is 4.79 Å². The summed E-state index contributed by atoms with van der Waals surface area (Å²) in [6, 6.07) is 9.77. The number of nitrogens with zero attached hydrogens (tertiary/aromatic N) is 1. The normalized spacial score (nSPS) is 10.3. The van der Waals surface area contributed by atoms with Crippen molar-refractivity contribution in [2.24, 2.45) is 5.73 Å². The minimum Gasteiger partial charge on any atom is -0.369 e. The van der Waals surface area contributed by atoms with Crippen LogP contribution in [-0.2, 0) is 11.2 Å². The smallest absolute Gasteiger partial charge is 0.223 e. The number of hydrogen-bond donors (Lipinski definition) is 1. The molecule has 1 aromatic heterocycles. The number of hydrogen-bond acceptors (Lipinski definition) is 2. The molecule has 72 valence electrons. The summed E-state index contributed by atoms with van der Waals surface area (Å²) in [5, 5.41) is 2.15. The van der Waals surface area contributed by atoms with Gasteiger partial charge in [0.2, 0.25) is 5.91 Å². The number of benzene rings is 1. The molecule has 3 heteroatoms. The number of nitrogens with two attached hydrogens (primary N) is 1. The first-order valence-electron chi connectivity index (χ1n) is 4.38. The predicted molar refractivity (Wildman–Crippen MR) is 56.8 cm³/mol. The van der Waals surface area contributed by atoms with Gasteiger partial charge in [0, 0.05) is 13.0 Å². The summed E-state index contributed by atoms with van der Waals surface area (Å²) in [6.07, 6.45) is 1.96. The quantitative estimate of drug-likeness (QED) is 0.776. The van der Waals surface area contributed by atoms with E-state index in [1.807, 2.05) is 30.3 Å². The molecule has 0 saturated carbocycles. The van der Waals surface area contributed by atoms with Crippen LogP contribution in [0.15, 0.2) is 36.5 Å². The number of carbonyl (C=O) groups excluding carboxylic acids is 1. The summed E-state index contributed by atoms with van der Waals surface area (Å²) < 4.78 is 0. The van der Waals surface area contributed by atoms with Crippen LogP contribution in [0.3, 0.4) is 0 Å². The number of carbonyl (C=O) groups is 1. The van der Waals surface area contributed by atoms with Crippen LogP contribution in [-0.4, -0.2) is 10.9 Å². The van der Waals surface area contributed by atoms with Crippen LogP contribution in [0.5, 0.6) is 0 Å². The summed E-state index contributed by atoms with van der Waals surface area (Å²) in [5.74, 6) is -0.354. The fraction of sp³-hybridized carbons (Fsp3) is 0.0909. The van der Waals surface area contributed by atoms with Crippen molar-refractivity contribution in [1.82, 2.24) is 4.98 Å². The standard InChI is InChI=1S/C11H10N2O.H2/c12-11(14)6-10-5-8-3-1-2-4-9(8)7-13-10;/h1-5,7H,6H2,(H2,12,14);1H. The summed E-state index contributed by atoms with van der Waals surface area (Å²) >= 11 is 0. The highest BCUT2D eigenvalue weighted by molar-refractivity contribution is 5.83. The van der Waals surface area contributed by atoms with Crippen LogP contribution < -0.4 is 5.73 Å². The second-order valence-corrected chi connectivity index (χ2v) is 3.17. The lowest BCUT2D eigenvalue weighted by Gasteiger charge is -1.99. The average Bonchev–Trinajstić information content (AvgIpc) is 2.17. The Balaban J connectivity index is 0.00000112. The van der Waals surface area contributed by atoms with Gasteiger partial charge in [-0.15, -0.1) is 0 Å². The van der Waals surface area contributed by atoms with Gasteiger partial charge in [-0.3, -0.25) is 9.78 Å². The largest absolute Gasteiger partial charge is 0.369 e. The van der Waals surface area contributed by atoms with E-state index in [0.717, 1.165) is 16.5 Å². The highest BCUT2D eigenvalue weighted by atomic mass is 16.1. The Kier molecular flexibility index (Phi) is 2.14. The Morgan fingerprint density at radius 1 is 1.36 bits per heavy atom. The van der Waals surface area contributed by atoms with Gasteiger partial charge in [-0.25, -0.2) is 0 Å². The van der Waals surface area contributed by atoms with Crippen LogP contribution in [0.25, 0.3) is 10.8 Å². The second-order valence-electron chi connectivity index (χ2n) is 3.17. The molecule has 0 aliphatic rings. The number of aromatic nitrogens is 1. The SMILES string of the molecule is NC(=O)Cc1cc2ccccc2cn1.[HH]. The Morgan fingerprint density at radius 2 is 2.07 bits per heavy atom. The molecule has 2 N–H and O–H groups in total. The molecular weight excluding hydrogens is 176 g/mol. The molecular formula is C11H12N2O. The molecule has 2 aromatic rings. The topological polar surface area (TPSA) is 56.0 Å². The fourth-order valence-corrected chi connectivity index (χ4v) is 1.40. The number of rotatable bonds is 2. The molecule has 3 nitrogen and oxygen atoms in total. The molecule has 1 heterocycles. The Morgan fingerprint density at radius 3 is 2.79 bits per heavy atom. The first-order valence-corrected chi connectivity index (χ1v) is 4.38. The molecule has 0 fully saturated rings. The molecule has 2 rings (SSSR count). The summed E-state index contributed by atoms with van der Waals surface area (Å²) in [4.78, 5) is 14.8. The zero-order chi connectivity index (χ0) is 9.97. The highest BCUT2D eigenvalue weighted by Crippen LogP contribution is 2.13. The minimum atomic E-state index is -0.354. The lowest BCUT2D eigenvalue weighted by molar-refractivity contribution is -0.117. The van der Waals surface area contributed by atoms with Crippen LogP contribution in [0.1, 0.15) is 7.12 Å². The van der Waals surface area contributed by atoms with E-state index in [0.29, 0.717) is 0 Å². The summed E-state index contributed by atoms with van der Waals surface area (Å²) in [7, 11) is 0. The van der Waals surface area contributed by atoms with Gasteiger partial charge in [0.25, 0.3) is 0 Å². The summed E-state index contributed by atoms with van der Waals surface area (Å²) in [5.41, 5.74) is 5.81. The average molecular weight is 188 g/mol. The van der Waals surface area contributed by atoms with E-state index in [1.165, 1.54) is 0 Å². The molecule has 0 saturated heterocycles. The molecule has 0 unspecified atom stereocenters. The number of fused-ring (bicyclic) bond motifs is 1. The maximum absolute atomic E-state index is 10.7. The number of pyridine rings is 1. The van der Waals surface area contributed by atoms with E-state index in [4.69, 9.17) is 5.73 Å². The van der Waals surface area contributed by atoms with Gasteiger partial charge in [-0.05, 0) is 11.5 Å². The van der Waals surface area contributed by atoms with E-state index < -0.39 is 0 Å². The van der Waals surface area contributed by atoms with Crippen LogP contribution >= 0.6 is 0 Å². The van der Waals surface area contributed by atoms with Crippen LogP contribution in [0, 0.1) is 0 Å². The lowest BCUT2D eigenvalue weighted by atomic mass is 10.1. The van der Waals surface area contributed by atoms with E-state index in [1.54, 1.807) is 6.20 Å². The molecule has 1 amide bonds. The molecule has 1 aromatic carbocycles. The number of amides is 1. The zero-order valence-corrected chi connectivity index (χ0v) is 7.60. The minimum absolute atomic E-state index is 0. The van der Waals surface area contributed by atoms with Crippen molar-refractivity contribution in [2.45, 2.75) is 6.42 Å². The second kappa shape index (κ2) is 3.46. The molecule has 0 bridgehead atoms. The van der Waals surface area contributed by atoms with E-state index in [-0.39, 0.29) is 13.8 Å². The third-order valence-corrected chi connectivity index (χ3v) is 2.04.